The second-order valence-corrected chi connectivity index (χ2v) is 11.1. The van der Waals surface area contributed by atoms with Gasteiger partial charge in [-0.2, -0.15) is 9.78 Å². The summed E-state index contributed by atoms with van der Waals surface area (Å²) in [7, 11) is 1.62. The van der Waals surface area contributed by atoms with Crippen LogP contribution in [-0.2, 0) is 23.8 Å². The number of aliphatic hydroxyl groups is 1. The van der Waals surface area contributed by atoms with Crippen molar-refractivity contribution in [3.05, 3.63) is 86.4 Å². The molecular weight excluding hydrogens is 513 g/mol. The minimum absolute atomic E-state index is 0.0682. The number of aliphatic hydroxyl groups excluding tert-OH is 1. The highest BCUT2D eigenvalue weighted by Crippen LogP contribution is 2.30. The fourth-order valence-corrected chi connectivity index (χ4v) is 4.81. The molecule has 0 aliphatic carbocycles. The van der Waals surface area contributed by atoms with E-state index in [4.69, 9.17) is 4.74 Å². The third-order valence-corrected chi connectivity index (χ3v) is 7.09. The number of fused-ring (bicyclic) bond motifs is 1. The summed E-state index contributed by atoms with van der Waals surface area (Å²) < 4.78 is 23.3. The topological polar surface area (TPSA) is 111 Å². The molecule has 0 spiro atoms. The Morgan fingerprint density at radius 1 is 1.18 bits per heavy atom. The fourth-order valence-electron chi connectivity index (χ4n) is 4.81. The molecule has 2 aromatic heterocycles. The van der Waals surface area contributed by atoms with E-state index in [1.54, 1.807) is 43.6 Å². The van der Waals surface area contributed by atoms with Crippen molar-refractivity contribution in [2.24, 2.45) is 12.0 Å². The summed E-state index contributed by atoms with van der Waals surface area (Å²) in [5, 5.41) is 18.1. The van der Waals surface area contributed by atoms with Crippen molar-refractivity contribution in [3.63, 3.8) is 0 Å². The average Bonchev–Trinajstić information content (AvgIpc) is 2.90. The van der Waals surface area contributed by atoms with Gasteiger partial charge in [0.1, 0.15) is 11.5 Å². The molecule has 2 N–H and O–H groups in total. The summed E-state index contributed by atoms with van der Waals surface area (Å²) in [6, 6.07) is 10.3. The quantitative estimate of drug-likeness (QED) is 0.397. The lowest BCUT2D eigenvalue weighted by atomic mass is 9.86. The van der Waals surface area contributed by atoms with Crippen molar-refractivity contribution < 1.29 is 14.2 Å². The van der Waals surface area contributed by atoms with Crippen molar-refractivity contribution in [1.29, 1.82) is 0 Å². The van der Waals surface area contributed by atoms with Crippen LogP contribution < -0.4 is 16.4 Å². The van der Waals surface area contributed by atoms with E-state index in [9.17, 15) is 14.7 Å². The number of aliphatic imine (C=N–C) groups is 1. The van der Waals surface area contributed by atoms with E-state index in [1.165, 1.54) is 16.8 Å². The summed E-state index contributed by atoms with van der Waals surface area (Å²) in [5.41, 5.74) is 1.67. The standard InChI is InChI=1S/C30H32FN5O4/c1-17-9-10-40-29(33-17)34-24-12-19(15-35(5)27(24)38)21-7-6-8-25(22(21)16-37)36-28(39)26-18(14-32-36)11-20(13-23(26)31)30(2,3)4/h6-8,11-15,17,37H,9-10,16H2,1-5H3,(H,33,34). The van der Waals surface area contributed by atoms with Gasteiger partial charge in [0.15, 0.2) is 0 Å². The van der Waals surface area contributed by atoms with Crippen molar-refractivity contribution in [2.75, 3.05) is 11.9 Å². The Morgan fingerprint density at radius 2 is 1.95 bits per heavy atom. The molecule has 3 heterocycles. The number of benzene rings is 2. The summed E-state index contributed by atoms with van der Waals surface area (Å²) in [4.78, 5) is 30.8. The number of aryl methyl sites for hydroxylation is 1. The second kappa shape index (κ2) is 10.3. The van der Waals surface area contributed by atoms with Gasteiger partial charge in [-0.1, -0.05) is 32.9 Å². The monoisotopic (exact) mass is 545 g/mol. The molecule has 1 aliphatic heterocycles. The molecule has 1 aliphatic rings. The molecule has 5 rings (SSSR count). The average molecular weight is 546 g/mol. The van der Waals surface area contributed by atoms with Crippen molar-refractivity contribution in [3.8, 4) is 16.8 Å². The third-order valence-electron chi connectivity index (χ3n) is 7.09. The molecule has 40 heavy (non-hydrogen) atoms. The van der Waals surface area contributed by atoms with E-state index in [0.29, 0.717) is 34.4 Å². The zero-order valence-electron chi connectivity index (χ0n) is 23.2. The fraction of sp³-hybridized carbons (Fsp3) is 0.333. The number of aromatic nitrogens is 3. The summed E-state index contributed by atoms with van der Waals surface area (Å²) in [5.74, 6) is -0.624. The van der Waals surface area contributed by atoms with Crippen LogP contribution in [0.15, 0.2) is 63.4 Å². The minimum atomic E-state index is -0.633. The molecule has 9 nitrogen and oxygen atoms in total. The van der Waals surface area contributed by atoms with Crippen LogP contribution in [-0.4, -0.2) is 38.1 Å². The first-order valence-corrected chi connectivity index (χ1v) is 13.1. The Balaban J connectivity index is 1.64. The molecular formula is C30H32FN5O4. The lowest BCUT2D eigenvalue weighted by Crippen LogP contribution is -2.29. The highest BCUT2D eigenvalue weighted by Gasteiger charge is 2.21. The second-order valence-electron chi connectivity index (χ2n) is 11.1. The van der Waals surface area contributed by atoms with E-state index in [2.05, 4.69) is 15.4 Å². The van der Waals surface area contributed by atoms with Gasteiger partial charge in [0.05, 0.1) is 36.5 Å². The Labute approximate surface area is 230 Å². The lowest BCUT2D eigenvalue weighted by molar-refractivity contribution is 0.263. The van der Waals surface area contributed by atoms with E-state index in [-0.39, 0.29) is 34.1 Å². The van der Waals surface area contributed by atoms with Gasteiger partial charge in [-0.25, -0.2) is 9.38 Å². The zero-order chi connectivity index (χ0) is 28.8. The lowest BCUT2D eigenvalue weighted by Gasteiger charge is -2.20. The van der Waals surface area contributed by atoms with Crippen molar-refractivity contribution >= 4 is 22.5 Å². The van der Waals surface area contributed by atoms with Crippen LogP contribution in [0.2, 0.25) is 0 Å². The first kappa shape index (κ1) is 27.3. The van der Waals surface area contributed by atoms with E-state index >= 15 is 4.39 Å². The number of anilines is 1. The Hall–Kier alpha value is -4.31. The maximum Gasteiger partial charge on any atom is 0.289 e. The van der Waals surface area contributed by atoms with Gasteiger partial charge in [-0.05, 0) is 47.7 Å². The molecule has 0 bridgehead atoms. The number of ether oxygens (including phenoxy) is 1. The van der Waals surface area contributed by atoms with Crippen LogP contribution in [0.3, 0.4) is 0 Å². The van der Waals surface area contributed by atoms with Crippen LogP contribution in [0.4, 0.5) is 10.1 Å². The molecule has 0 radical (unpaired) electrons. The Bertz CT molecular complexity index is 1770. The molecule has 10 heteroatoms. The van der Waals surface area contributed by atoms with Gasteiger partial charge in [0, 0.05) is 36.2 Å². The van der Waals surface area contributed by atoms with Crippen LogP contribution in [0, 0.1) is 5.82 Å². The molecule has 0 saturated carbocycles. The van der Waals surface area contributed by atoms with Gasteiger partial charge in [0.25, 0.3) is 17.1 Å². The molecule has 1 atom stereocenters. The number of nitrogens with one attached hydrogen (secondary N) is 1. The van der Waals surface area contributed by atoms with E-state index in [1.807, 2.05) is 27.7 Å². The maximum absolute atomic E-state index is 15.3. The Morgan fingerprint density at radius 3 is 2.65 bits per heavy atom. The zero-order valence-corrected chi connectivity index (χ0v) is 23.2. The summed E-state index contributed by atoms with van der Waals surface area (Å²) in [6.45, 7) is 7.94. The first-order valence-electron chi connectivity index (χ1n) is 13.1. The SMILES string of the molecule is CC1CCOC(Nc2cc(-c3cccc(-n4ncc5cc(C(C)(C)C)cc(F)c5c4=O)c3CO)cn(C)c2=O)=N1. The maximum atomic E-state index is 15.3. The number of hydrogen-bond acceptors (Lipinski definition) is 7. The highest BCUT2D eigenvalue weighted by atomic mass is 19.1. The molecule has 2 aromatic carbocycles. The number of amidine groups is 1. The number of pyridine rings is 1. The van der Waals surface area contributed by atoms with Gasteiger partial charge < -0.3 is 19.7 Å². The molecule has 1 unspecified atom stereocenters. The largest absolute Gasteiger partial charge is 0.465 e. The van der Waals surface area contributed by atoms with E-state index in [0.717, 1.165) is 16.7 Å². The van der Waals surface area contributed by atoms with E-state index < -0.39 is 18.0 Å². The van der Waals surface area contributed by atoms with Gasteiger partial charge in [0.2, 0.25) is 0 Å². The smallest absolute Gasteiger partial charge is 0.289 e. The molecule has 0 amide bonds. The molecule has 0 saturated heterocycles. The van der Waals surface area contributed by atoms with Gasteiger partial charge in [-0.15, -0.1) is 0 Å². The predicted octanol–water partition coefficient (Wildman–Crippen LogP) is 4.26. The third kappa shape index (κ3) is 5.02. The normalized spacial score (nSPS) is 15.6. The first-order chi connectivity index (χ1) is 19.0. The summed E-state index contributed by atoms with van der Waals surface area (Å²) in [6.07, 6.45) is 3.89. The van der Waals surface area contributed by atoms with Crippen LogP contribution >= 0.6 is 0 Å². The van der Waals surface area contributed by atoms with Crippen LogP contribution in [0.25, 0.3) is 27.6 Å². The van der Waals surface area contributed by atoms with Gasteiger partial charge >= 0.3 is 0 Å². The van der Waals surface area contributed by atoms with Crippen molar-refractivity contribution in [1.82, 2.24) is 14.3 Å². The van der Waals surface area contributed by atoms with Crippen LogP contribution in [0.5, 0.6) is 0 Å². The highest BCUT2D eigenvalue weighted by molar-refractivity contribution is 5.90. The number of hydrogen-bond donors (Lipinski definition) is 2. The molecule has 0 fully saturated rings. The number of rotatable bonds is 4. The molecule has 208 valence electrons. The van der Waals surface area contributed by atoms with Gasteiger partial charge in [-0.3, -0.25) is 9.59 Å². The number of nitrogens with zero attached hydrogens (tertiary/aromatic N) is 4. The van der Waals surface area contributed by atoms with Crippen molar-refractivity contribution in [2.45, 2.75) is 52.2 Å². The number of halogens is 1. The predicted molar refractivity (Wildman–Crippen MR) is 154 cm³/mol. The molecule has 4 aromatic rings. The Kier molecular flexibility index (Phi) is 7.05. The minimum Gasteiger partial charge on any atom is -0.465 e. The summed E-state index contributed by atoms with van der Waals surface area (Å²) >= 11 is 0. The van der Waals surface area contributed by atoms with Crippen LogP contribution in [0.1, 0.15) is 45.2 Å².